The zero-order valence-corrected chi connectivity index (χ0v) is 15.2. The van der Waals surface area contributed by atoms with Crippen LogP contribution in [0.3, 0.4) is 0 Å². The average Bonchev–Trinajstić information content (AvgIpc) is 3.09. The van der Waals surface area contributed by atoms with Crippen LogP contribution in [0.15, 0.2) is 102 Å². The molecule has 1 nitrogen and oxygen atoms in total. The Morgan fingerprint density at radius 2 is 0.852 bits per heavy atom. The molecule has 128 valence electrons. The van der Waals surface area contributed by atoms with E-state index in [1.165, 1.54) is 44.5 Å². The summed E-state index contributed by atoms with van der Waals surface area (Å²) in [5.41, 5.74) is 11.1. The standard InChI is InChI=1S/C26H19N/c1-27-26-22-16-8-14-20(18-10-4-2-5-11-18)24(22)25-21(15-9-17-23(25)26)19-12-6-3-7-13-19/h2-17H,1H3. The van der Waals surface area contributed by atoms with E-state index in [-0.39, 0.29) is 0 Å². The summed E-state index contributed by atoms with van der Waals surface area (Å²) in [7, 11) is 1.89. The van der Waals surface area contributed by atoms with Crippen LogP contribution >= 0.6 is 0 Å². The maximum Gasteiger partial charge on any atom is 0.0728 e. The monoisotopic (exact) mass is 345 g/mol. The van der Waals surface area contributed by atoms with Crippen molar-refractivity contribution in [3.63, 3.8) is 0 Å². The summed E-state index contributed by atoms with van der Waals surface area (Å²) >= 11 is 0. The van der Waals surface area contributed by atoms with Crippen LogP contribution in [0, 0.1) is 0 Å². The van der Waals surface area contributed by atoms with E-state index in [1.54, 1.807) is 0 Å². The number of hydrogen-bond acceptors (Lipinski definition) is 1. The number of fused-ring (bicyclic) bond motifs is 3. The number of aliphatic imine (C=N–C) groups is 1. The van der Waals surface area contributed by atoms with Crippen molar-refractivity contribution in [2.45, 2.75) is 0 Å². The van der Waals surface area contributed by atoms with Gasteiger partial charge in [-0.05, 0) is 22.3 Å². The second-order valence-electron chi connectivity index (χ2n) is 6.76. The van der Waals surface area contributed by atoms with Gasteiger partial charge in [-0.15, -0.1) is 0 Å². The maximum absolute atomic E-state index is 4.66. The molecule has 0 bridgehead atoms. The van der Waals surface area contributed by atoms with E-state index in [9.17, 15) is 0 Å². The molecule has 0 atom stereocenters. The Bertz CT molecular complexity index is 1060. The summed E-state index contributed by atoms with van der Waals surface area (Å²) in [5, 5.41) is 0. The molecule has 0 saturated heterocycles. The third kappa shape index (κ3) is 2.43. The summed E-state index contributed by atoms with van der Waals surface area (Å²) in [4.78, 5) is 4.66. The molecule has 0 fully saturated rings. The van der Waals surface area contributed by atoms with Crippen molar-refractivity contribution in [1.29, 1.82) is 0 Å². The molecule has 1 heteroatoms. The molecule has 0 unspecified atom stereocenters. The van der Waals surface area contributed by atoms with E-state index in [1.807, 2.05) is 7.05 Å². The molecule has 1 aliphatic carbocycles. The quantitative estimate of drug-likeness (QED) is 0.348. The van der Waals surface area contributed by atoms with Gasteiger partial charge in [-0.3, -0.25) is 4.99 Å². The molecule has 0 aliphatic heterocycles. The first-order valence-electron chi connectivity index (χ1n) is 9.23. The molecule has 0 spiro atoms. The molecule has 0 amide bonds. The fourth-order valence-electron chi connectivity index (χ4n) is 4.14. The molecule has 27 heavy (non-hydrogen) atoms. The number of hydrogen-bond donors (Lipinski definition) is 0. The van der Waals surface area contributed by atoms with Crippen molar-refractivity contribution in [2.75, 3.05) is 7.05 Å². The van der Waals surface area contributed by atoms with Gasteiger partial charge in [0.15, 0.2) is 0 Å². The molecule has 0 heterocycles. The van der Waals surface area contributed by atoms with Crippen molar-refractivity contribution in [1.82, 2.24) is 0 Å². The molecular formula is C26H19N. The normalized spacial score (nSPS) is 11.8. The van der Waals surface area contributed by atoms with Gasteiger partial charge in [0.1, 0.15) is 0 Å². The highest BCUT2D eigenvalue weighted by atomic mass is 14.7. The van der Waals surface area contributed by atoms with Crippen LogP contribution in [0.5, 0.6) is 0 Å². The van der Waals surface area contributed by atoms with Crippen molar-refractivity contribution >= 4 is 5.71 Å². The Morgan fingerprint density at radius 1 is 0.444 bits per heavy atom. The lowest BCUT2D eigenvalue weighted by Gasteiger charge is -2.13. The first kappa shape index (κ1) is 15.8. The van der Waals surface area contributed by atoms with Gasteiger partial charge in [0.2, 0.25) is 0 Å². The fourth-order valence-corrected chi connectivity index (χ4v) is 4.14. The second kappa shape index (κ2) is 6.37. The third-order valence-corrected chi connectivity index (χ3v) is 5.28. The lowest BCUT2D eigenvalue weighted by atomic mass is 9.89. The first-order valence-corrected chi connectivity index (χ1v) is 9.23. The van der Waals surface area contributed by atoms with Crippen LogP contribution in [0.2, 0.25) is 0 Å². The molecule has 5 rings (SSSR count). The Balaban J connectivity index is 1.88. The molecule has 4 aromatic rings. The highest BCUT2D eigenvalue weighted by molar-refractivity contribution is 6.28. The number of benzene rings is 4. The highest BCUT2D eigenvalue weighted by Gasteiger charge is 2.29. The SMILES string of the molecule is CN=C1c2cccc(-c3ccccc3)c2-c2c1cccc2-c1ccccc1. The predicted molar refractivity (Wildman–Crippen MR) is 114 cm³/mol. The molecule has 0 N–H and O–H groups in total. The van der Waals surface area contributed by atoms with Crippen LogP contribution in [0.25, 0.3) is 33.4 Å². The molecular weight excluding hydrogens is 326 g/mol. The Kier molecular flexibility index (Phi) is 3.72. The van der Waals surface area contributed by atoms with E-state index in [2.05, 4.69) is 102 Å². The van der Waals surface area contributed by atoms with E-state index in [0.29, 0.717) is 0 Å². The summed E-state index contributed by atoms with van der Waals surface area (Å²) in [6.07, 6.45) is 0. The van der Waals surface area contributed by atoms with Gasteiger partial charge in [0, 0.05) is 29.3 Å². The lowest BCUT2D eigenvalue weighted by Crippen LogP contribution is -1.97. The summed E-state index contributed by atoms with van der Waals surface area (Å²) in [6, 6.07) is 34.4. The van der Waals surface area contributed by atoms with Crippen molar-refractivity contribution < 1.29 is 0 Å². The summed E-state index contributed by atoms with van der Waals surface area (Å²) in [6.45, 7) is 0. The molecule has 1 aliphatic rings. The minimum absolute atomic E-state index is 1.08. The Morgan fingerprint density at radius 3 is 1.26 bits per heavy atom. The van der Waals surface area contributed by atoms with Crippen LogP contribution in [-0.4, -0.2) is 12.8 Å². The average molecular weight is 345 g/mol. The van der Waals surface area contributed by atoms with Crippen LogP contribution < -0.4 is 0 Å². The summed E-state index contributed by atoms with van der Waals surface area (Å²) < 4.78 is 0. The predicted octanol–water partition coefficient (Wildman–Crippen LogP) is 6.47. The highest BCUT2D eigenvalue weighted by Crippen LogP contribution is 2.47. The topological polar surface area (TPSA) is 12.4 Å². The smallest absolute Gasteiger partial charge is 0.0728 e. The van der Waals surface area contributed by atoms with E-state index < -0.39 is 0 Å². The molecule has 0 radical (unpaired) electrons. The van der Waals surface area contributed by atoms with Gasteiger partial charge in [-0.1, -0.05) is 97.1 Å². The molecule has 0 saturated carbocycles. The third-order valence-electron chi connectivity index (χ3n) is 5.28. The number of nitrogens with zero attached hydrogens (tertiary/aromatic N) is 1. The minimum atomic E-state index is 1.08. The van der Waals surface area contributed by atoms with Gasteiger partial charge in [-0.2, -0.15) is 0 Å². The fraction of sp³-hybridized carbons (Fsp3) is 0.0385. The van der Waals surface area contributed by atoms with Gasteiger partial charge in [-0.25, -0.2) is 0 Å². The van der Waals surface area contributed by atoms with Crippen molar-refractivity contribution in [3.05, 3.63) is 108 Å². The van der Waals surface area contributed by atoms with Gasteiger partial charge >= 0.3 is 0 Å². The van der Waals surface area contributed by atoms with Gasteiger partial charge < -0.3 is 0 Å². The Hall–Kier alpha value is -3.45. The number of rotatable bonds is 2. The minimum Gasteiger partial charge on any atom is -0.287 e. The van der Waals surface area contributed by atoms with Gasteiger partial charge in [0.25, 0.3) is 0 Å². The van der Waals surface area contributed by atoms with Gasteiger partial charge in [0.05, 0.1) is 5.71 Å². The Labute approximate surface area is 159 Å². The zero-order valence-electron chi connectivity index (χ0n) is 15.2. The van der Waals surface area contributed by atoms with Crippen molar-refractivity contribution in [3.8, 4) is 33.4 Å². The molecule has 4 aromatic carbocycles. The van der Waals surface area contributed by atoms with Crippen LogP contribution in [0.4, 0.5) is 0 Å². The van der Waals surface area contributed by atoms with E-state index >= 15 is 0 Å². The van der Waals surface area contributed by atoms with Crippen LogP contribution in [0.1, 0.15) is 11.1 Å². The second-order valence-corrected chi connectivity index (χ2v) is 6.76. The zero-order chi connectivity index (χ0) is 18.2. The van der Waals surface area contributed by atoms with E-state index in [4.69, 9.17) is 0 Å². The largest absolute Gasteiger partial charge is 0.287 e. The first-order chi connectivity index (χ1) is 13.4. The van der Waals surface area contributed by atoms with E-state index in [0.717, 1.165) is 5.71 Å². The van der Waals surface area contributed by atoms with Crippen molar-refractivity contribution in [2.24, 2.45) is 4.99 Å². The van der Waals surface area contributed by atoms with Crippen LogP contribution in [-0.2, 0) is 0 Å². The molecule has 0 aromatic heterocycles. The summed E-state index contributed by atoms with van der Waals surface area (Å²) in [5.74, 6) is 0. The maximum atomic E-state index is 4.66. The lowest BCUT2D eigenvalue weighted by molar-refractivity contribution is 1.43.